The van der Waals surface area contributed by atoms with Gasteiger partial charge < -0.3 is 9.64 Å². The number of hydrogen-bond acceptors (Lipinski definition) is 4. The van der Waals surface area contributed by atoms with Gasteiger partial charge in [-0.15, -0.1) is 0 Å². The summed E-state index contributed by atoms with van der Waals surface area (Å²) < 4.78 is 36.0. The minimum absolute atomic E-state index is 0.0770. The first-order chi connectivity index (χ1) is 16.3. The molecule has 0 atom stereocenters. The summed E-state index contributed by atoms with van der Waals surface area (Å²) in [5, 5.41) is 0. The maximum atomic E-state index is 13.2. The molecule has 0 unspecified atom stereocenters. The van der Waals surface area contributed by atoms with Gasteiger partial charge in [-0.25, -0.2) is 8.42 Å². The molecular formula is C25H24Br2N2O4S. The van der Waals surface area contributed by atoms with Gasteiger partial charge in [0.15, 0.2) is 0 Å². The normalized spacial score (nSPS) is 14.6. The predicted molar refractivity (Wildman–Crippen MR) is 140 cm³/mol. The minimum atomic E-state index is -3.97. The van der Waals surface area contributed by atoms with E-state index in [1.807, 2.05) is 18.2 Å². The molecule has 4 rings (SSSR count). The summed E-state index contributed by atoms with van der Waals surface area (Å²) in [6, 6.07) is 19.5. The number of likely N-dealkylation sites (tertiary alicyclic amines) is 1. The Morgan fingerprint density at radius 3 is 2.32 bits per heavy atom. The van der Waals surface area contributed by atoms with Crippen LogP contribution >= 0.6 is 31.9 Å². The second-order valence-electron chi connectivity index (χ2n) is 8.07. The Labute approximate surface area is 216 Å². The third kappa shape index (κ3) is 5.47. The number of benzene rings is 3. The van der Waals surface area contributed by atoms with E-state index >= 15 is 0 Å². The van der Waals surface area contributed by atoms with Crippen molar-refractivity contribution in [1.82, 2.24) is 4.90 Å². The zero-order chi connectivity index (χ0) is 24.3. The lowest BCUT2D eigenvalue weighted by Crippen LogP contribution is -2.38. The molecule has 0 aromatic heterocycles. The van der Waals surface area contributed by atoms with Crippen molar-refractivity contribution in [3.63, 3.8) is 0 Å². The van der Waals surface area contributed by atoms with Crippen LogP contribution in [0.15, 0.2) is 80.6 Å². The second-order valence-corrected chi connectivity index (χ2v) is 11.5. The van der Waals surface area contributed by atoms with Crippen molar-refractivity contribution >= 4 is 53.5 Å². The summed E-state index contributed by atoms with van der Waals surface area (Å²) in [7, 11) is -2.57. The molecule has 1 aliphatic heterocycles. The monoisotopic (exact) mass is 606 g/mol. The van der Waals surface area contributed by atoms with Crippen molar-refractivity contribution in [2.75, 3.05) is 24.9 Å². The molecule has 1 heterocycles. The van der Waals surface area contributed by atoms with Gasteiger partial charge in [-0.3, -0.25) is 9.52 Å². The van der Waals surface area contributed by atoms with Crippen LogP contribution in [-0.2, 0) is 10.0 Å². The van der Waals surface area contributed by atoms with Gasteiger partial charge >= 0.3 is 0 Å². The lowest BCUT2D eigenvalue weighted by molar-refractivity contribution is 0.0712. The van der Waals surface area contributed by atoms with E-state index in [4.69, 9.17) is 4.74 Å². The summed E-state index contributed by atoms with van der Waals surface area (Å²) in [5.74, 6) is 0.365. The Morgan fingerprint density at radius 2 is 1.68 bits per heavy atom. The topological polar surface area (TPSA) is 75.7 Å². The number of nitrogens with zero attached hydrogens (tertiary/aromatic N) is 1. The van der Waals surface area contributed by atoms with E-state index in [0.717, 1.165) is 21.8 Å². The van der Waals surface area contributed by atoms with E-state index < -0.39 is 10.0 Å². The number of methoxy groups -OCH3 is 1. The minimum Gasteiger partial charge on any atom is -0.495 e. The molecule has 1 saturated heterocycles. The lowest BCUT2D eigenvalue weighted by atomic mass is 9.89. The van der Waals surface area contributed by atoms with Crippen LogP contribution in [0.5, 0.6) is 5.75 Å². The molecule has 3 aromatic carbocycles. The number of rotatable bonds is 6. The largest absolute Gasteiger partial charge is 0.495 e. The molecule has 1 aliphatic rings. The molecule has 9 heteroatoms. The highest BCUT2D eigenvalue weighted by atomic mass is 79.9. The van der Waals surface area contributed by atoms with E-state index in [1.165, 1.54) is 24.8 Å². The number of anilines is 1. The first-order valence-corrected chi connectivity index (χ1v) is 13.9. The second kappa shape index (κ2) is 10.5. The van der Waals surface area contributed by atoms with Gasteiger partial charge in [0.25, 0.3) is 15.9 Å². The number of halogens is 2. The fourth-order valence-electron chi connectivity index (χ4n) is 4.13. The first-order valence-electron chi connectivity index (χ1n) is 10.8. The Morgan fingerprint density at radius 1 is 1.00 bits per heavy atom. The molecule has 1 N–H and O–H groups in total. The molecular weight excluding hydrogens is 584 g/mol. The average Bonchev–Trinajstić information content (AvgIpc) is 2.85. The summed E-state index contributed by atoms with van der Waals surface area (Å²) in [6.45, 7) is 1.21. The molecule has 0 saturated carbocycles. The van der Waals surface area contributed by atoms with Crippen LogP contribution in [0.25, 0.3) is 0 Å². The van der Waals surface area contributed by atoms with Crippen molar-refractivity contribution in [2.24, 2.45) is 0 Å². The van der Waals surface area contributed by atoms with Gasteiger partial charge in [0.05, 0.1) is 7.11 Å². The molecule has 0 aliphatic carbocycles. The summed E-state index contributed by atoms with van der Waals surface area (Å²) >= 11 is 6.96. The Balaban J connectivity index is 1.52. The number of nitrogens with one attached hydrogen (secondary N) is 1. The maximum Gasteiger partial charge on any atom is 0.265 e. The summed E-state index contributed by atoms with van der Waals surface area (Å²) in [5.41, 5.74) is 1.99. The number of ether oxygens (including phenoxy) is 1. The third-order valence-corrected chi connectivity index (χ3v) is 8.58. The number of sulfonamides is 1. The van der Waals surface area contributed by atoms with Crippen LogP contribution in [0.2, 0.25) is 0 Å². The van der Waals surface area contributed by atoms with Crippen LogP contribution in [0.4, 0.5) is 5.69 Å². The van der Waals surface area contributed by atoms with Crippen molar-refractivity contribution in [3.8, 4) is 5.75 Å². The van der Waals surface area contributed by atoms with Gasteiger partial charge in [-0.1, -0.05) is 50.1 Å². The predicted octanol–water partition coefficient (Wildman–Crippen LogP) is 6.04. The highest BCUT2D eigenvalue weighted by molar-refractivity contribution is 9.10. The van der Waals surface area contributed by atoms with E-state index in [1.54, 1.807) is 35.2 Å². The van der Waals surface area contributed by atoms with Crippen molar-refractivity contribution in [2.45, 2.75) is 23.7 Å². The van der Waals surface area contributed by atoms with E-state index in [0.29, 0.717) is 30.3 Å². The molecule has 0 bridgehead atoms. The van der Waals surface area contributed by atoms with Crippen LogP contribution in [0.1, 0.15) is 34.7 Å². The SMILES string of the molecule is COc1ccc(C(=O)N2CCC(c3ccccc3Br)CC2)cc1S(=O)(=O)Nc1ccc(Br)cc1. The zero-order valence-corrected chi connectivity index (χ0v) is 22.5. The molecule has 3 aromatic rings. The van der Waals surface area contributed by atoms with E-state index in [9.17, 15) is 13.2 Å². The number of carbonyl (C=O) groups excluding carboxylic acids is 1. The van der Waals surface area contributed by atoms with Crippen LogP contribution in [0.3, 0.4) is 0 Å². The van der Waals surface area contributed by atoms with Gasteiger partial charge in [0, 0.05) is 33.3 Å². The Bertz CT molecular complexity index is 1290. The number of hydrogen-bond donors (Lipinski definition) is 1. The standard InChI is InChI=1S/C25H24Br2N2O4S/c1-33-23-11-6-18(16-24(23)34(31,32)28-20-9-7-19(26)8-10-20)25(30)29-14-12-17(13-15-29)21-4-2-3-5-22(21)27/h2-11,16-17,28H,12-15H2,1H3. The van der Waals surface area contributed by atoms with Crippen LogP contribution in [-0.4, -0.2) is 39.4 Å². The maximum absolute atomic E-state index is 13.2. The molecule has 178 valence electrons. The van der Waals surface area contributed by atoms with E-state index in [2.05, 4.69) is 42.6 Å². The fourth-order valence-corrected chi connectivity index (χ4v) is 6.26. The number of carbonyl (C=O) groups is 1. The third-order valence-electron chi connectivity index (χ3n) is 5.92. The first kappa shape index (κ1) is 24.8. The van der Waals surface area contributed by atoms with Gasteiger partial charge in [0.2, 0.25) is 0 Å². The number of piperidine rings is 1. The van der Waals surface area contributed by atoms with E-state index in [-0.39, 0.29) is 16.6 Å². The fraction of sp³-hybridized carbons (Fsp3) is 0.240. The van der Waals surface area contributed by atoms with Gasteiger partial charge in [-0.2, -0.15) is 0 Å². The molecule has 6 nitrogen and oxygen atoms in total. The molecule has 1 amide bonds. The van der Waals surface area contributed by atoms with Gasteiger partial charge in [-0.05, 0) is 72.9 Å². The van der Waals surface area contributed by atoms with Crippen molar-refractivity contribution < 1.29 is 17.9 Å². The van der Waals surface area contributed by atoms with Crippen molar-refractivity contribution in [1.29, 1.82) is 0 Å². The average molecular weight is 608 g/mol. The smallest absolute Gasteiger partial charge is 0.265 e. The van der Waals surface area contributed by atoms with Crippen LogP contribution in [0, 0.1) is 0 Å². The van der Waals surface area contributed by atoms with Crippen LogP contribution < -0.4 is 9.46 Å². The zero-order valence-electron chi connectivity index (χ0n) is 18.5. The van der Waals surface area contributed by atoms with Gasteiger partial charge in [0.1, 0.15) is 10.6 Å². The summed E-state index contributed by atoms with van der Waals surface area (Å²) in [4.78, 5) is 14.9. The quantitative estimate of drug-likeness (QED) is 0.371. The summed E-state index contributed by atoms with van der Waals surface area (Å²) in [6.07, 6.45) is 1.70. The lowest BCUT2D eigenvalue weighted by Gasteiger charge is -2.32. The van der Waals surface area contributed by atoms with Crippen molar-refractivity contribution in [3.05, 3.63) is 86.8 Å². The molecule has 0 radical (unpaired) electrons. The Kier molecular flexibility index (Phi) is 7.64. The molecule has 1 fully saturated rings. The molecule has 0 spiro atoms. The molecule has 34 heavy (non-hydrogen) atoms. The number of amides is 1. The highest BCUT2D eigenvalue weighted by Gasteiger charge is 2.28. The highest BCUT2D eigenvalue weighted by Crippen LogP contribution is 2.34. The Hall–Kier alpha value is -2.36.